The van der Waals surface area contributed by atoms with Crippen molar-refractivity contribution in [1.29, 1.82) is 0 Å². The van der Waals surface area contributed by atoms with Crippen LogP contribution in [0.1, 0.15) is 12.0 Å². The molecule has 3 N–H and O–H groups in total. The Morgan fingerprint density at radius 2 is 2.35 bits per heavy atom. The van der Waals surface area contributed by atoms with Crippen molar-refractivity contribution in [2.24, 2.45) is 12.9 Å². The van der Waals surface area contributed by atoms with Gasteiger partial charge in [0.1, 0.15) is 5.82 Å². The molecule has 1 atom stereocenters. The van der Waals surface area contributed by atoms with Gasteiger partial charge in [-0.15, -0.1) is 11.8 Å². The molecule has 6 heteroatoms. The molecule has 0 spiro atoms. The number of nitrogens with one attached hydrogen (secondary N) is 1. The number of nitrogens with two attached hydrogens (primary N) is 1. The standard InChI is InChI=1S/C14H19FN4S/c1-19-9-11(8-17-19)5-6-13(18-16)10-20-14-4-2-3-12(15)7-14/h2-4,7-9,13,18H,5-6,10,16H2,1H3. The van der Waals surface area contributed by atoms with Crippen LogP contribution in [0.4, 0.5) is 4.39 Å². The third-order valence-corrected chi connectivity index (χ3v) is 4.18. The fourth-order valence-electron chi connectivity index (χ4n) is 1.91. The Hall–Kier alpha value is -1.37. The molecule has 0 bridgehead atoms. The molecule has 0 amide bonds. The number of hydrazine groups is 1. The number of thioether (sulfide) groups is 1. The SMILES string of the molecule is Cn1cc(CCC(CSc2cccc(F)c2)NN)cn1. The Labute approximate surface area is 122 Å². The molecule has 0 saturated heterocycles. The van der Waals surface area contributed by atoms with Gasteiger partial charge >= 0.3 is 0 Å². The van der Waals surface area contributed by atoms with Gasteiger partial charge in [0.05, 0.1) is 6.20 Å². The van der Waals surface area contributed by atoms with Crippen molar-refractivity contribution in [3.63, 3.8) is 0 Å². The van der Waals surface area contributed by atoms with Crippen molar-refractivity contribution in [3.05, 3.63) is 48.0 Å². The molecule has 1 aromatic heterocycles. The van der Waals surface area contributed by atoms with E-state index in [1.165, 1.54) is 11.6 Å². The topological polar surface area (TPSA) is 55.9 Å². The van der Waals surface area contributed by atoms with E-state index in [-0.39, 0.29) is 11.9 Å². The van der Waals surface area contributed by atoms with Gasteiger partial charge in [-0.05, 0) is 36.6 Å². The van der Waals surface area contributed by atoms with E-state index in [1.807, 2.05) is 25.5 Å². The molecule has 0 fully saturated rings. The minimum atomic E-state index is -0.206. The molecule has 20 heavy (non-hydrogen) atoms. The summed E-state index contributed by atoms with van der Waals surface area (Å²) in [5.74, 6) is 6.18. The van der Waals surface area contributed by atoms with Crippen LogP contribution < -0.4 is 11.3 Å². The van der Waals surface area contributed by atoms with Gasteiger partial charge in [-0.3, -0.25) is 16.0 Å². The first kappa shape index (κ1) is 15.0. The molecule has 0 aliphatic carbocycles. The second-order valence-electron chi connectivity index (χ2n) is 4.69. The second kappa shape index (κ2) is 7.42. The number of halogens is 1. The van der Waals surface area contributed by atoms with Crippen LogP contribution in [0.3, 0.4) is 0 Å². The summed E-state index contributed by atoms with van der Waals surface area (Å²) >= 11 is 1.60. The van der Waals surface area contributed by atoms with Gasteiger partial charge in [-0.25, -0.2) is 4.39 Å². The maximum Gasteiger partial charge on any atom is 0.124 e. The molecule has 2 aromatic rings. The van der Waals surface area contributed by atoms with Crippen molar-refractivity contribution < 1.29 is 4.39 Å². The van der Waals surface area contributed by atoms with E-state index in [4.69, 9.17) is 5.84 Å². The maximum atomic E-state index is 13.1. The Bertz CT molecular complexity index is 543. The van der Waals surface area contributed by atoms with Gasteiger partial charge in [0.25, 0.3) is 0 Å². The van der Waals surface area contributed by atoms with Crippen LogP contribution in [-0.4, -0.2) is 21.6 Å². The van der Waals surface area contributed by atoms with Crippen LogP contribution >= 0.6 is 11.8 Å². The van der Waals surface area contributed by atoms with E-state index in [0.29, 0.717) is 0 Å². The van der Waals surface area contributed by atoms with Crippen LogP contribution in [0.5, 0.6) is 0 Å². The summed E-state index contributed by atoms with van der Waals surface area (Å²) in [7, 11) is 1.90. The lowest BCUT2D eigenvalue weighted by atomic mass is 10.1. The van der Waals surface area contributed by atoms with Gasteiger partial charge in [-0.1, -0.05) is 6.07 Å². The molecule has 0 saturated carbocycles. The van der Waals surface area contributed by atoms with Gasteiger partial charge in [-0.2, -0.15) is 5.10 Å². The van der Waals surface area contributed by atoms with E-state index in [9.17, 15) is 4.39 Å². The average molecular weight is 294 g/mol. The molecule has 0 aliphatic heterocycles. The normalized spacial score (nSPS) is 12.6. The van der Waals surface area contributed by atoms with E-state index in [0.717, 1.165) is 23.5 Å². The molecular weight excluding hydrogens is 275 g/mol. The van der Waals surface area contributed by atoms with Crippen molar-refractivity contribution in [2.45, 2.75) is 23.8 Å². The number of aromatic nitrogens is 2. The summed E-state index contributed by atoms with van der Waals surface area (Å²) < 4.78 is 14.9. The molecule has 1 aromatic carbocycles. The zero-order chi connectivity index (χ0) is 14.4. The predicted molar refractivity (Wildman–Crippen MR) is 79.8 cm³/mol. The van der Waals surface area contributed by atoms with Crippen LogP contribution in [0.25, 0.3) is 0 Å². The fourth-order valence-corrected chi connectivity index (χ4v) is 2.94. The Kier molecular flexibility index (Phi) is 5.58. The summed E-state index contributed by atoms with van der Waals surface area (Å²) in [6, 6.07) is 6.80. The molecule has 0 radical (unpaired) electrons. The smallest absolute Gasteiger partial charge is 0.124 e. The highest BCUT2D eigenvalue weighted by molar-refractivity contribution is 7.99. The molecular formula is C14H19FN4S. The summed E-state index contributed by atoms with van der Waals surface area (Å²) in [6.07, 6.45) is 5.72. The van der Waals surface area contributed by atoms with Gasteiger partial charge < -0.3 is 0 Å². The summed E-state index contributed by atoms with van der Waals surface area (Å²) in [5.41, 5.74) is 4.02. The number of nitrogens with zero attached hydrogens (tertiary/aromatic N) is 2. The molecule has 108 valence electrons. The number of benzene rings is 1. The third-order valence-electron chi connectivity index (χ3n) is 3.02. The summed E-state index contributed by atoms with van der Waals surface area (Å²) in [5, 5.41) is 4.14. The zero-order valence-corrected chi connectivity index (χ0v) is 12.2. The number of aryl methyl sites for hydroxylation is 2. The van der Waals surface area contributed by atoms with Gasteiger partial charge in [0.2, 0.25) is 0 Å². The quantitative estimate of drug-likeness (QED) is 0.466. The first-order valence-electron chi connectivity index (χ1n) is 6.49. The predicted octanol–water partition coefficient (Wildman–Crippen LogP) is 2.12. The molecule has 2 rings (SSSR count). The molecule has 4 nitrogen and oxygen atoms in total. The van der Waals surface area contributed by atoms with E-state index >= 15 is 0 Å². The Morgan fingerprint density at radius 3 is 3.00 bits per heavy atom. The van der Waals surface area contributed by atoms with Crippen molar-refractivity contribution in [1.82, 2.24) is 15.2 Å². The average Bonchev–Trinajstić information content (AvgIpc) is 2.85. The second-order valence-corrected chi connectivity index (χ2v) is 5.79. The first-order chi connectivity index (χ1) is 9.67. The highest BCUT2D eigenvalue weighted by atomic mass is 32.2. The minimum Gasteiger partial charge on any atom is -0.276 e. The van der Waals surface area contributed by atoms with Crippen molar-refractivity contribution >= 4 is 11.8 Å². The lowest BCUT2D eigenvalue weighted by Crippen LogP contribution is -2.37. The fraction of sp³-hybridized carbons (Fsp3) is 0.357. The third kappa shape index (κ3) is 4.63. The van der Waals surface area contributed by atoms with Gasteiger partial charge in [0, 0.05) is 29.9 Å². The highest BCUT2D eigenvalue weighted by Crippen LogP contribution is 2.20. The van der Waals surface area contributed by atoms with Gasteiger partial charge in [0.15, 0.2) is 0 Å². The summed E-state index contributed by atoms with van der Waals surface area (Å²) in [4.78, 5) is 0.923. The van der Waals surface area contributed by atoms with E-state index in [1.54, 1.807) is 28.6 Å². The zero-order valence-electron chi connectivity index (χ0n) is 11.4. The van der Waals surface area contributed by atoms with E-state index in [2.05, 4.69) is 10.5 Å². The Morgan fingerprint density at radius 1 is 1.50 bits per heavy atom. The minimum absolute atomic E-state index is 0.184. The lowest BCUT2D eigenvalue weighted by Gasteiger charge is -2.14. The van der Waals surface area contributed by atoms with Crippen LogP contribution in [-0.2, 0) is 13.5 Å². The van der Waals surface area contributed by atoms with Crippen LogP contribution in [0, 0.1) is 5.82 Å². The molecule has 1 unspecified atom stereocenters. The largest absolute Gasteiger partial charge is 0.276 e. The van der Waals surface area contributed by atoms with Crippen molar-refractivity contribution in [3.8, 4) is 0 Å². The van der Waals surface area contributed by atoms with Crippen LogP contribution in [0.15, 0.2) is 41.6 Å². The van der Waals surface area contributed by atoms with Crippen LogP contribution in [0.2, 0.25) is 0 Å². The Balaban J connectivity index is 1.80. The monoisotopic (exact) mass is 294 g/mol. The molecule has 0 aliphatic rings. The highest BCUT2D eigenvalue weighted by Gasteiger charge is 2.09. The summed E-state index contributed by atoms with van der Waals surface area (Å²) in [6.45, 7) is 0. The maximum absolute atomic E-state index is 13.1. The number of rotatable bonds is 7. The first-order valence-corrected chi connectivity index (χ1v) is 7.48. The van der Waals surface area contributed by atoms with Crippen molar-refractivity contribution in [2.75, 3.05) is 5.75 Å². The van der Waals surface area contributed by atoms with E-state index < -0.39 is 0 Å². The molecule has 1 heterocycles. The number of hydrogen-bond donors (Lipinski definition) is 2. The lowest BCUT2D eigenvalue weighted by molar-refractivity contribution is 0.539. The number of hydrogen-bond acceptors (Lipinski definition) is 4.